The van der Waals surface area contributed by atoms with E-state index in [2.05, 4.69) is 64.8 Å². The minimum absolute atomic E-state index is 0.706. The van der Waals surface area contributed by atoms with Crippen LogP contribution >= 0.6 is 0 Å². The van der Waals surface area contributed by atoms with E-state index in [0.29, 0.717) is 5.92 Å². The van der Waals surface area contributed by atoms with E-state index in [0.717, 1.165) is 5.92 Å². The third-order valence-electron chi connectivity index (χ3n) is 5.67. The molecule has 2 saturated heterocycles. The highest BCUT2D eigenvalue weighted by molar-refractivity contribution is 5.63. The van der Waals surface area contributed by atoms with Gasteiger partial charge in [0.05, 0.1) is 0 Å². The van der Waals surface area contributed by atoms with Crippen LogP contribution in [0.4, 0.5) is 0 Å². The average molecular weight is 320 g/mol. The monoisotopic (exact) mass is 320 g/mol. The van der Waals surface area contributed by atoms with Crippen LogP contribution in [0.15, 0.2) is 54.6 Å². The van der Waals surface area contributed by atoms with Gasteiger partial charge < -0.3 is 10.2 Å². The number of piperidine rings is 1. The standard InChI is InChI=1S/C22H28N2/c1-2-5-19(6-3-1)20-8-10-21(11-9-20)22-7-4-14-24(17-22)16-18-12-13-23-15-18/h1-3,5-6,8-11,18,22-23H,4,7,12-17H2. The van der Waals surface area contributed by atoms with Crippen molar-refractivity contribution in [3.63, 3.8) is 0 Å². The van der Waals surface area contributed by atoms with Gasteiger partial charge in [-0.15, -0.1) is 0 Å². The zero-order valence-corrected chi connectivity index (χ0v) is 14.5. The quantitative estimate of drug-likeness (QED) is 0.911. The Morgan fingerprint density at radius 3 is 2.46 bits per heavy atom. The molecule has 1 N–H and O–H groups in total. The molecule has 0 radical (unpaired) electrons. The van der Waals surface area contributed by atoms with Crippen LogP contribution in [0.2, 0.25) is 0 Å². The smallest absolute Gasteiger partial charge is 0.00504 e. The number of rotatable bonds is 4. The van der Waals surface area contributed by atoms with Crippen LogP contribution in [-0.4, -0.2) is 37.6 Å². The van der Waals surface area contributed by atoms with Gasteiger partial charge in [0, 0.05) is 13.1 Å². The van der Waals surface area contributed by atoms with Crippen molar-refractivity contribution < 1.29 is 0 Å². The highest BCUT2D eigenvalue weighted by Crippen LogP contribution is 2.29. The number of nitrogens with zero attached hydrogens (tertiary/aromatic N) is 1. The van der Waals surface area contributed by atoms with Crippen molar-refractivity contribution in [2.75, 3.05) is 32.7 Å². The van der Waals surface area contributed by atoms with Gasteiger partial charge in [0.25, 0.3) is 0 Å². The predicted molar refractivity (Wildman–Crippen MR) is 101 cm³/mol. The fourth-order valence-corrected chi connectivity index (χ4v) is 4.31. The van der Waals surface area contributed by atoms with E-state index >= 15 is 0 Å². The van der Waals surface area contributed by atoms with Crippen LogP contribution in [0.25, 0.3) is 11.1 Å². The summed E-state index contributed by atoms with van der Waals surface area (Å²) in [5, 5.41) is 3.50. The second-order valence-electron chi connectivity index (χ2n) is 7.45. The maximum Gasteiger partial charge on any atom is 0.00504 e. The lowest BCUT2D eigenvalue weighted by Gasteiger charge is -2.34. The number of nitrogens with one attached hydrogen (secondary N) is 1. The van der Waals surface area contributed by atoms with Crippen molar-refractivity contribution >= 4 is 0 Å². The van der Waals surface area contributed by atoms with Gasteiger partial charge in [0.2, 0.25) is 0 Å². The second kappa shape index (κ2) is 7.50. The molecule has 2 atom stereocenters. The summed E-state index contributed by atoms with van der Waals surface area (Å²) in [4.78, 5) is 2.71. The zero-order chi connectivity index (χ0) is 16.2. The number of benzene rings is 2. The summed E-state index contributed by atoms with van der Waals surface area (Å²) in [5.41, 5.74) is 4.15. The molecule has 2 nitrogen and oxygen atoms in total. The minimum Gasteiger partial charge on any atom is -0.316 e. The first-order chi connectivity index (χ1) is 11.9. The first-order valence-electron chi connectivity index (χ1n) is 9.47. The fraction of sp³-hybridized carbons (Fsp3) is 0.455. The molecule has 2 aliphatic heterocycles. The van der Waals surface area contributed by atoms with Gasteiger partial charge in [-0.2, -0.15) is 0 Å². The van der Waals surface area contributed by atoms with Gasteiger partial charge in [0.15, 0.2) is 0 Å². The first-order valence-corrected chi connectivity index (χ1v) is 9.47. The SMILES string of the molecule is c1ccc(-c2ccc(C3CCCN(CC4CCNC4)C3)cc2)cc1. The number of hydrogen-bond acceptors (Lipinski definition) is 2. The topological polar surface area (TPSA) is 15.3 Å². The highest BCUT2D eigenvalue weighted by atomic mass is 15.1. The van der Waals surface area contributed by atoms with Crippen molar-refractivity contribution in [2.24, 2.45) is 5.92 Å². The van der Waals surface area contributed by atoms with Crippen LogP contribution in [0.1, 0.15) is 30.7 Å². The molecule has 24 heavy (non-hydrogen) atoms. The molecule has 2 aromatic rings. The highest BCUT2D eigenvalue weighted by Gasteiger charge is 2.24. The average Bonchev–Trinajstić information content (AvgIpc) is 3.16. The van der Waals surface area contributed by atoms with E-state index in [1.54, 1.807) is 0 Å². The summed E-state index contributed by atoms with van der Waals surface area (Å²) in [5.74, 6) is 1.57. The zero-order valence-electron chi connectivity index (χ0n) is 14.5. The molecular weight excluding hydrogens is 292 g/mol. The van der Waals surface area contributed by atoms with Gasteiger partial charge in [-0.1, -0.05) is 54.6 Å². The van der Waals surface area contributed by atoms with Gasteiger partial charge >= 0.3 is 0 Å². The molecule has 2 aromatic carbocycles. The van der Waals surface area contributed by atoms with Gasteiger partial charge in [-0.3, -0.25) is 0 Å². The molecule has 0 spiro atoms. The summed E-state index contributed by atoms with van der Waals surface area (Å²) in [7, 11) is 0. The van der Waals surface area contributed by atoms with Crippen molar-refractivity contribution in [2.45, 2.75) is 25.2 Å². The lowest BCUT2D eigenvalue weighted by Crippen LogP contribution is -2.38. The van der Waals surface area contributed by atoms with Gasteiger partial charge in [-0.05, 0) is 67.4 Å². The summed E-state index contributed by atoms with van der Waals surface area (Å²) in [6.45, 7) is 6.23. The maximum atomic E-state index is 3.50. The second-order valence-corrected chi connectivity index (χ2v) is 7.45. The molecule has 2 fully saturated rings. The van der Waals surface area contributed by atoms with Gasteiger partial charge in [0.1, 0.15) is 0 Å². The van der Waals surface area contributed by atoms with Crippen molar-refractivity contribution in [1.29, 1.82) is 0 Å². The Kier molecular flexibility index (Phi) is 4.96. The molecule has 0 amide bonds. The molecule has 0 aromatic heterocycles. The maximum absolute atomic E-state index is 3.50. The summed E-state index contributed by atoms with van der Waals surface area (Å²) in [6, 6.07) is 20.0. The molecule has 2 heteroatoms. The van der Waals surface area contributed by atoms with E-state index in [1.807, 2.05) is 0 Å². The Labute approximate surface area is 145 Å². The minimum atomic E-state index is 0.706. The Hall–Kier alpha value is -1.64. The van der Waals surface area contributed by atoms with Gasteiger partial charge in [-0.25, -0.2) is 0 Å². The van der Waals surface area contributed by atoms with Crippen LogP contribution in [0.3, 0.4) is 0 Å². The molecule has 0 aliphatic carbocycles. The molecule has 126 valence electrons. The normalized spacial score (nSPS) is 25.0. The molecule has 2 heterocycles. The first kappa shape index (κ1) is 15.9. The molecule has 0 bridgehead atoms. The van der Waals surface area contributed by atoms with E-state index in [9.17, 15) is 0 Å². The molecule has 0 saturated carbocycles. The number of likely N-dealkylation sites (tertiary alicyclic amines) is 1. The largest absolute Gasteiger partial charge is 0.316 e. The van der Waals surface area contributed by atoms with Crippen molar-refractivity contribution in [3.8, 4) is 11.1 Å². The summed E-state index contributed by atoms with van der Waals surface area (Å²) < 4.78 is 0. The van der Waals surface area contributed by atoms with Crippen molar-refractivity contribution in [1.82, 2.24) is 10.2 Å². The Morgan fingerprint density at radius 1 is 0.917 bits per heavy atom. The van der Waals surface area contributed by atoms with E-state index in [4.69, 9.17) is 0 Å². The number of hydrogen-bond donors (Lipinski definition) is 1. The van der Waals surface area contributed by atoms with Crippen LogP contribution in [0.5, 0.6) is 0 Å². The third-order valence-corrected chi connectivity index (χ3v) is 5.67. The Bertz CT molecular complexity index is 629. The third kappa shape index (κ3) is 3.71. The lowest BCUT2D eigenvalue weighted by atomic mass is 9.89. The van der Waals surface area contributed by atoms with Crippen LogP contribution < -0.4 is 5.32 Å². The molecule has 2 aliphatic rings. The van der Waals surface area contributed by atoms with Crippen molar-refractivity contribution in [3.05, 3.63) is 60.2 Å². The Balaban J connectivity index is 1.41. The molecular formula is C22H28N2. The lowest BCUT2D eigenvalue weighted by molar-refractivity contribution is 0.183. The summed E-state index contributed by atoms with van der Waals surface area (Å²) in [6.07, 6.45) is 4.03. The van der Waals surface area contributed by atoms with E-state index in [-0.39, 0.29) is 0 Å². The molecule has 2 unspecified atom stereocenters. The fourth-order valence-electron chi connectivity index (χ4n) is 4.31. The molecule has 4 rings (SSSR count). The van der Waals surface area contributed by atoms with E-state index < -0.39 is 0 Å². The predicted octanol–water partition coefficient (Wildman–Crippen LogP) is 4.14. The van der Waals surface area contributed by atoms with E-state index in [1.165, 1.54) is 68.7 Å². The van der Waals surface area contributed by atoms with Crippen LogP contribution in [0, 0.1) is 5.92 Å². The van der Waals surface area contributed by atoms with Crippen LogP contribution in [-0.2, 0) is 0 Å². The Morgan fingerprint density at radius 2 is 1.71 bits per heavy atom. The summed E-state index contributed by atoms with van der Waals surface area (Å²) >= 11 is 0.